The fourth-order valence-corrected chi connectivity index (χ4v) is 3.95. The van der Waals surface area contributed by atoms with Crippen molar-refractivity contribution < 1.29 is 4.74 Å². The van der Waals surface area contributed by atoms with Gasteiger partial charge in [-0.1, -0.05) is 6.07 Å². The summed E-state index contributed by atoms with van der Waals surface area (Å²) in [6, 6.07) is 8.12. The van der Waals surface area contributed by atoms with Gasteiger partial charge < -0.3 is 10.1 Å². The summed E-state index contributed by atoms with van der Waals surface area (Å²) >= 11 is 0. The zero-order valence-corrected chi connectivity index (χ0v) is 16.4. The Morgan fingerprint density at radius 1 is 1.21 bits per heavy atom. The van der Waals surface area contributed by atoms with Gasteiger partial charge in [0, 0.05) is 43.6 Å². The highest BCUT2D eigenvalue weighted by molar-refractivity contribution is 5.85. The number of ether oxygens (including phenoxy) is 1. The molecule has 1 aliphatic rings. The van der Waals surface area contributed by atoms with Crippen LogP contribution in [0.15, 0.2) is 41.5 Å². The Morgan fingerprint density at radius 2 is 2.03 bits per heavy atom. The van der Waals surface area contributed by atoms with Crippen molar-refractivity contribution in [1.82, 2.24) is 24.1 Å². The first-order valence-corrected chi connectivity index (χ1v) is 9.76. The van der Waals surface area contributed by atoms with Crippen molar-refractivity contribution in [2.24, 2.45) is 7.05 Å². The van der Waals surface area contributed by atoms with E-state index < -0.39 is 0 Å². The first-order chi connectivity index (χ1) is 14.1. The van der Waals surface area contributed by atoms with Crippen LogP contribution in [0, 0.1) is 6.92 Å². The Balaban J connectivity index is 1.58. The number of aromatic nitrogens is 5. The van der Waals surface area contributed by atoms with Gasteiger partial charge in [0.25, 0.3) is 0 Å². The van der Waals surface area contributed by atoms with E-state index in [1.165, 1.54) is 0 Å². The number of hydrogen-bond donors (Lipinski definition) is 1. The van der Waals surface area contributed by atoms with E-state index in [0.29, 0.717) is 24.8 Å². The van der Waals surface area contributed by atoms with Gasteiger partial charge in [0.15, 0.2) is 5.65 Å². The van der Waals surface area contributed by atoms with E-state index in [-0.39, 0.29) is 11.7 Å². The van der Waals surface area contributed by atoms with Crippen LogP contribution < -0.4 is 11.0 Å². The molecule has 148 valence electrons. The summed E-state index contributed by atoms with van der Waals surface area (Å²) in [5, 5.41) is 4.36. The number of imidazole rings is 1. The molecule has 1 N–H and O–H groups in total. The summed E-state index contributed by atoms with van der Waals surface area (Å²) < 4.78 is 8.86. The Bertz CT molecular complexity index is 1270. The van der Waals surface area contributed by atoms with Gasteiger partial charge in [-0.25, -0.2) is 9.78 Å². The van der Waals surface area contributed by atoms with E-state index in [0.717, 1.165) is 40.5 Å². The Morgan fingerprint density at radius 3 is 2.86 bits per heavy atom. The minimum Gasteiger partial charge on any atom is -0.381 e. The van der Waals surface area contributed by atoms with Crippen molar-refractivity contribution >= 4 is 33.7 Å². The molecule has 1 fully saturated rings. The molecule has 0 spiro atoms. The number of nitrogens with one attached hydrogen (secondary N) is 1. The number of rotatable bonds is 3. The smallest absolute Gasteiger partial charge is 0.330 e. The van der Waals surface area contributed by atoms with Crippen LogP contribution in [0.5, 0.6) is 0 Å². The molecule has 8 nitrogen and oxygen atoms in total. The highest BCUT2D eigenvalue weighted by atomic mass is 16.5. The first kappa shape index (κ1) is 17.8. The standard InChI is InChI=1S/C21H22N6O2/c1-13-10-17-14(4-3-7-22-17)11-16(13)24-20-23-12-18-19(25-20)27(21(28)26(18)2)15-5-8-29-9-6-15/h3-4,7,10-12,15H,5-6,8-9H2,1-2H3,(H,23,24,25). The minimum atomic E-state index is -0.0636. The molecular formula is C21H22N6O2. The lowest BCUT2D eigenvalue weighted by Crippen LogP contribution is -2.30. The minimum absolute atomic E-state index is 0.0636. The molecular weight excluding hydrogens is 368 g/mol. The molecule has 1 aliphatic heterocycles. The summed E-state index contributed by atoms with van der Waals surface area (Å²) in [5.74, 6) is 0.468. The van der Waals surface area contributed by atoms with Crippen molar-refractivity contribution in [3.8, 4) is 0 Å². The summed E-state index contributed by atoms with van der Waals surface area (Å²) in [6.45, 7) is 3.34. The van der Waals surface area contributed by atoms with Crippen molar-refractivity contribution in [2.75, 3.05) is 18.5 Å². The summed E-state index contributed by atoms with van der Waals surface area (Å²) in [6.07, 6.45) is 5.11. The Hall–Kier alpha value is -3.26. The third kappa shape index (κ3) is 3.05. The normalized spacial score (nSPS) is 15.2. The van der Waals surface area contributed by atoms with Crippen molar-refractivity contribution in [1.29, 1.82) is 0 Å². The third-order valence-corrected chi connectivity index (χ3v) is 5.58. The number of pyridine rings is 1. The molecule has 0 amide bonds. The predicted molar refractivity (Wildman–Crippen MR) is 112 cm³/mol. The zero-order valence-electron chi connectivity index (χ0n) is 16.4. The van der Waals surface area contributed by atoms with E-state index in [1.54, 1.807) is 28.6 Å². The van der Waals surface area contributed by atoms with Crippen LogP contribution in [-0.4, -0.2) is 37.3 Å². The maximum atomic E-state index is 12.8. The van der Waals surface area contributed by atoms with Crippen molar-refractivity contribution in [3.63, 3.8) is 0 Å². The molecule has 29 heavy (non-hydrogen) atoms. The highest BCUT2D eigenvalue weighted by Crippen LogP contribution is 2.26. The van der Waals surface area contributed by atoms with E-state index >= 15 is 0 Å². The number of hydrogen-bond acceptors (Lipinski definition) is 6. The summed E-state index contributed by atoms with van der Waals surface area (Å²) in [4.78, 5) is 26.4. The average Bonchev–Trinajstić information content (AvgIpc) is 2.99. The summed E-state index contributed by atoms with van der Waals surface area (Å²) in [5.41, 5.74) is 4.23. The molecule has 0 aliphatic carbocycles. The lowest BCUT2D eigenvalue weighted by atomic mass is 10.1. The fraction of sp³-hybridized carbons (Fsp3) is 0.333. The second kappa shape index (κ2) is 6.97. The van der Waals surface area contributed by atoms with Crippen LogP contribution in [0.2, 0.25) is 0 Å². The lowest BCUT2D eigenvalue weighted by Gasteiger charge is -2.22. The molecule has 4 heterocycles. The molecule has 0 saturated carbocycles. The van der Waals surface area contributed by atoms with Crippen LogP contribution in [0.4, 0.5) is 11.6 Å². The van der Waals surface area contributed by atoms with Crippen LogP contribution in [0.1, 0.15) is 24.4 Å². The topological polar surface area (TPSA) is 86.9 Å². The Kier molecular flexibility index (Phi) is 4.28. The molecule has 1 saturated heterocycles. The van der Waals surface area contributed by atoms with Gasteiger partial charge >= 0.3 is 5.69 Å². The van der Waals surface area contributed by atoms with Gasteiger partial charge in [0.2, 0.25) is 5.95 Å². The van der Waals surface area contributed by atoms with Crippen LogP contribution in [0.3, 0.4) is 0 Å². The van der Waals surface area contributed by atoms with Gasteiger partial charge in [0.1, 0.15) is 5.52 Å². The first-order valence-electron chi connectivity index (χ1n) is 9.76. The van der Waals surface area contributed by atoms with Gasteiger partial charge in [-0.2, -0.15) is 4.98 Å². The van der Waals surface area contributed by atoms with Crippen molar-refractivity contribution in [3.05, 3.63) is 52.7 Å². The second-order valence-corrected chi connectivity index (χ2v) is 7.45. The Labute approximate surface area is 167 Å². The molecule has 1 aromatic carbocycles. The van der Waals surface area contributed by atoms with Gasteiger partial charge in [0.05, 0.1) is 11.7 Å². The number of anilines is 2. The predicted octanol–water partition coefficient (Wildman–Crippen LogP) is 3.08. The lowest BCUT2D eigenvalue weighted by molar-refractivity contribution is 0.0695. The largest absolute Gasteiger partial charge is 0.381 e. The maximum Gasteiger partial charge on any atom is 0.330 e. The molecule has 4 aromatic rings. The highest BCUT2D eigenvalue weighted by Gasteiger charge is 2.23. The van der Waals surface area contributed by atoms with E-state index in [2.05, 4.69) is 15.3 Å². The summed E-state index contributed by atoms with van der Waals surface area (Å²) in [7, 11) is 1.76. The van der Waals surface area contributed by atoms with E-state index in [9.17, 15) is 4.79 Å². The number of benzene rings is 1. The van der Waals surface area contributed by atoms with Crippen LogP contribution in [-0.2, 0) is 11.8 Å². The van der Waals surface area contributed by atoms with E-state index in [4.69, 9.17) is 9.72 Å². The molecule has 5 rings (SSSR count). The fourth-order valence-electron chi connectivity index (χ4n) is 3.95. The molecule has 0 radical (unpaired) electrons. The molecule has 8 heteroatoms. The second-order valence-electron chi connectivity index (χ2n) is 7.45. The molecule has 3 aromatic heterocycles. The maximum absolute atomic E-state index is 12.8. The molecule has 0 unspecified atom stereocenters. The monoisotopic (exact) mass is 390 g/mol. The SMILES string of the molecule is Cc1cc2ncccc2cc1Nc1ncc2c(n1)n(C1CCOCC1)c(=O)n2C. The third-order valence-electron chi connectivity index (χ3n) is 5.58. The quantitative estimate of drug-likeness (QED) is 0.578. The van der Waals surface area contributed by atoms with Crippen LogP contribution >= 0.6 is 0 Å². The van der Waals surface area contributed by atoms with Crippen molar-refractivity contribution in [2.45, 2.75) is 25.8 Å². The van der Waals surface area contributed by atoms with Gasteiger partial charge in [-0.05, 0) is 43.5 Å². The number of nitrogens with zero attached hydrogens (tertiary/aromatic N) is 5. The zero-order chi connectivity index (χ0) is 20.0. The number of aryl methyl sites for hydroxylation is 2. The molecule has 0 bridgehead atoms. The van der Waals surface area contributed by atoms with Gasteiger partial charge in [-0.15, -0.1) is 0 Å². The van der Waals surface area contributed by atoms with Gasteiger partial charge in [-0.3, -0.25) is 14.1 Å². The number of fused-ring (bicyclic) bond motifs is 2. The molecule has 0 atom stereocenters. The van der Waals surface area contributed by atoms with Crippen LogP contribution in [0.25, 0.3) is 22.1 Å². The van der Waals surface area contributed by atoms with E-state index in [1.807, 2.05) is 31.2 Å². The average molecular weight is 390 g/mol.